The van der Waals surface area contributed by atoms with Crippen LogP contribution in [-0.2, 0) is 17.6 Å². The lowest BCUT2D eigenvalue weighted by Crippen LogP contribution is -2.29. The van der Waals surface area contributed by atoms with E-state index in [0.717, 1.165) is 43.4 Å². The number of nitrogens with zero attached hydrogens (tertiary/aromatic N) is 2. The molecule has 172 valence electrons. The summed E-state index contributed by atoms with van der Waals surface area (Å²) in [5.74, 6) is 1.06. The Kier molecular flexibility index (Phi) is 6.26. The average Bonchev–Trinajstić information content (AvgIpc) is 2.76. The molecule has 0 fully saturated rings. The molecular weight excluding hydrogens is 421 g/mol. The second-order valence-corrected chi connectivity index (χ2v) is 8.58. The van der Waals surface area contributed by atoms with Gasteiger partial charge in [0.15, 0.2) is 5.43 Å². The number of pyridine rings is 1. The molecule has 0 saturated heterocycles. The fourth-order valence-corrected chi connectivity index (χ4v) is 4.65. The standard InChI is InChI=1S/C23H27F3N4O2/c1-13-20(29-18-5-3-2-4-17(18)21(13)31)22(27)30-19-11-8-15(12-28-19)14-6-9-16(10-7-14)32-23(24,25)26/h6,9-10,14-15H,2-5,7-8,11-12H2,1H3,(H,29,31)(H2,27,28,30). The summed E-state index contributed by atoms with van der Waals surface area (Å²) < 4.78 is 41.0. The number of H-pyrrole nitrogens is 1. The number of ether oxygens (including phenoxy) is 1. The number of aryl methyl sites for hydroxylation is 1. The zero-order valence-corrected chi connectivity index (χ0v) is 18.0. The fraction of sp³-hybridized carbons (Fsp3) is 0.522. The smallest absolute Gasteiger partial charge is 0.406 e. The van der Waals surface area contributed by atoms with Crippen LogP contribution in [0.15, 0.2) is 38.8 Å². The maximum atomic E-state index is 12.7. The van der Waals surface area contributed by atoms with E-state index in [-0.39, 0.29) is 28.9 Å². The molecule has 0 radical (unpaired) electrons. The van der Waals surface area contributed by atoms with Crippen molar-refractivity contribution in [2.75, 3.05) is 6.54 Å². The molecule has 2 atom stereocenters. The number of alkyl halides is 3. The largest absolute Gasteiger partial charge is 0.573 e. The number of allylic oxidation sites excluding steroid dienone is 3. The van der Waals surface area contributed by atoms with E-state index in [9.17, 15) is 18.0 Å². The van der Waals surface area contributed by atoms with Crippen molar-refractivity contribution in [1.29, 1.82) is 0 Å². The molecule has 2 unspecified atom stereocenters. The number of aliphatic imine (C=N–C) groups is 2. The first kappa shape index (κ1) is 22.4. The van der Waals surface area contributed by atoms with Gasteiger partial charge in [0.1, 0.15) is 17.4 Å². The molecule has 6 nitrogen and oxygen atoms in total. The molecule has 2 heterocycles. The van der Waals surface area contributed by atoms with Crippen LogP contribution >= 0.6 is 0 Å². The van der Waals surface area contributed by atoms with Crippen LogP contribution in [0.4, 0.5) is 13.2 Å². The van der Waals surface area contributed by atoms with Gasteiger partial charge in [-0.05, 0) is 69.4 Å². The Morgan fingerprint density at radius 2 is 2.06 bits per heavy atom. The van der Waals surface area contributed by atoms with Gasteiger partial charge in [-0.1, -0.05) is 6.08 Å². The third-order valence-corrected chi connectivity index (χ3v) is 6.42. The van der Waals surface area contributed by atoms with E-state index in [4.69, 9.17) is 5.73 Å². The minimum Gasteiger partial charge on any atom is -0.406 e. The molecule has 3 aliphatic rings. The van der Waals surface area contributed by atoms with Crippen LogP contribution < -0.4 is 11.2 Å². The summed E-state index contributed by atoms with van der Waals surface area (Å²) in [5.41, 5.74) is 9.26. The Morgan fingerprint density at radius 1 is 1.28 bits per heavy atom. The Labute approximate surface area is 184 Å². The first-order valence-electron chi connectivity index (χ1n) is 11.0. The van der Waals surface area contributed by atoms with Crippen LogP contribution in [0.3, 0.4) is 0 Å². The number of aromatic amines is 1. The highest BCUT2D eigenvalue weighted by molar-refractivity contribution is 6.05. The topological polar surface area (TPSA) is 92.8 Å². The van der Waals surface area contributed by atoms with Gasteiger partial charge in [-0.15, -0.1) is 13.2 Å². The van der Waals surface area contributed by atoms with Crippen LogP contribution in [0.1, 0.15) is 54.6 Å². The highest BCUT2D eigenvalue weighted by atomic mass is 19.4. The molecule has 1 aromatic heterocycles. The number of amidine groups is 2. The number of fused-ring (bicyclic) bond motifs is 1. The van der Waals surface area contributed by atoms with Gasteiger partial charge in [-0.2, -0.15) is 0 Å². The third-order valence-electron chi connectivity index (χ3n) is 6.42. The maximum Gasteiger partial charge on any atom is 0.573 e. The lowest BCUT2D eigenvalue weighted by atomic mass is 9.82. The summed E-state index contributed by atoms with van der Waals surface area (Å²) >= 11 is 0. The van der Waals surface area contributed by atoms with Gasteiger partial charge in [0, 0.05) is 29.8 Å². The molecule has 0 amide bonds. The maximum absolute atomic E-state index is 12.7. The first-order chi connectivity index (χ1) is 15.2. The van der Waals surface area contributed by atoms with Gasteiger partial charge in [0.25, 0.3) is 0 Å². The van der Waals surface area contributed by atoms with Crippen molar-refractivity contribution in [3.63, 3.8) is 0 Å². The van der Waals surface area contributed by atoms with Gasteiger partial charge in [-0.25, -0.2) is 4.99 Å². The number of hydrogen-bond acceptors (Lipinski definition) is 4. The minimum atomic E-state index is -4.67. The Balaban J connectivity index is 1.43. The lowest BCUT2D eigenvalue weighted by Gasteiger charge is -2.27. The predicted octanol–water partition coefficient (Wildman–Crippen LogP) is 4.07. The Hall–Kier alpha value is -2.84. The number of nitrogens with one attached hydrogen (secondary N) is 1. The van der Waals surface area contributed by atoms with E-state index in [1.807, 2.05) is 0 Å². The number of hydrogen-bond donors (Lipinski definition) is 2. The molecule has 0 bridgehead atoms. The zero-order chi connectivity index (χ0) is 22.9. The number of rotatable bonds is 3. The summed E-state index contributed by atoms with van der Waals surface area (Å²) in [6.45, 7) is 2.30. The molecule has 32 heavy (non-hydrogen) atoms. The van der Waals surface area contributed by atoms with Crippen molar-refractivity contribution in [3.05, 3.63) is 56.7 Å². The van der Waals surface area contributed by atoms with E-state index in [1.54, 1.807) is 13.0 Å². The SMILES string of the molecule is Cc1c(C(N)=NC2=NCC(C3C=CC(OC(F)(F)F)=CC3)CC2)[nH]c2c(c1=O)CCCC2. The first-order valence-corrected chi connectivity index (χ1v) is 11.0. The lowest BCUT2D eigenvalue weighted by molar-refractivity contribution is -0.303. The zero-order valence-electron chi connectivity index (χ0n) is 18.0. The molecule has 4 rings (SSSR count). The highest BCUT2D eigenvalue weighted by Gasteiger charge is 2.33. The van der Waals surface area contributed by atoms with Crippen LogP contribution in [0, 0.1) is 18.8 Å². The minimum absolute atomic E-state index is 0.0447. The van der Waals surface area contributed by atoms with Crippen LogP contribution in [0.2, 0.25) is 0 Å². The number of aromatic nitrogens is 1. The monoisotopic (exact) mass is 448 g/mol. The number of nitrogens with two attached hydrogens (primary N) is 1. The second-order valence-electron chi connectivity index (χ2n) is 8.58. The molecule has 0 saturated carbocycles. The molecule has 9 heteroatoms. The molecule has 1 aromatic rings. The Morgan fingerprint density at radius 3 is 2.72 bits per heavy atom. The molecule has 0 spiro atoms. The molecule has 3 N–H and O–H groups in total. The summed E-state index contributed by atoms with van der Waals surface area (Å²) in [4.78, 5) is 25.1. The van der Waals surface area contributed by atoms with E-state index >= 15 is 0 Å². The van der Waals surface area contributed by atoms with Crippen molar-refractivity contribution in [2.24, 2.45) is 27.6 Å². The van der Waals surface area contributed by atoms with Gasteiger partial charge in [0.2, 0.25) is 0 Å². The second kappa shape index (κ2) is 8.96. The van der Waals surface area contributed by atoms with Crippen molar-refractivity contribution in [1.82, 2.24) is 4.98 Å². The van der Waals surface area contributed by atoms with Crippen molar-refractivity contribution in [2.45, 2.75) is 58.2 Å². The van der Waals surface area contributed by atoms with Gasteiger partial charge in [0.05, 0.1) is 5.69 Å². The number of halogens is 3. The molecule has 0 aromatic carbocycles. The predicted molar refractivity (Wildman–Crippen MR) is 117 cm³/mol. The van der Waals surface area contributed by atoms with Crippen molar-refractivity contribution >= 4 is 11.7 Å². The van der Waals surface area contributed by atoms with E-state index in [0.29, 0.717) is 36.5 Å². The van der Waals surface area contributed by atoms with Gasteiger partial charge < -0.3 is 15.5 Å². The molecule has 2 aliphatic carbocycles. The summed E-state index contributed by atoms with van der Waals surface area (Å²) in [5, 5.41) is 0. The highest BCUT2D eigenvalue weighted by Crippen LogP contribution is 2.32. The van der Waals surface area contributed by atoms with Gasteiger partial charge in [-0.3, -0.25) is 9.79 Å². The van der Waals surface area contributed by atoms with Gasteiger partial charge >= 0.3 is 6.36 Å². The fourth-order valence-electron chi connectivity index (χ4n) is 4.65. The summed E-state index contributed by atoms with van der Waals surface area (Å²) in [6.07, 6.45) is 5.58. The van der Waals surface area contributed by atoms with Crippen molar-refractivity contribution in [3.8, 4) is 0 Å². The van der Waals surface area contributed by atoms with Crippen LogP contribution in [-0.4, -0.2) is 29.6 Å². The van der Waals surface area contributed by atoms with Crippen molar-refractivity contribution < 1.29 is 17.9 Å². The molecular formula is C23H27F3N4O2. The Bertz CT molecular complexity index is 1070. The van der Waals surface area contributed by atoms with Crippen LogP contribution in [0.5, 0.6) is 0 Å². The van der Waals surface area contributed by atoms with E-state index in [2.05, 4.69) is 19.7 Å². The van der Waals surface area contributed by atoms with Crippen LogP contribution in [0.25, 0.3) is 0 Å². The summed E-state index contributed by atoms with van der Waals surface area (Å²) in [7, 11) is 0. The third kappa shape index (κ3) is 4.97. The average molecular weight is 448 g/mol. The molecule has 1 aliphatic heterocycles. The quantitative estimate of drug-likeness (QED) is 0.539. The normalized spacial score (nSPS) is 23.9. The summed E-state index contributed by atoms with van der Waals surface area (Å²) in [6, 6.07) is 0. The van der Waals surface area contributed by atoms with E-state index in [1.165, 1.54) is 12.2 Å². The van der Waals surface area contributed by atoms with E-state index < -0.39 is 6.36 Å².